The average Bonchev–Trinajstić information content (AvgIpc) is 2.91. The lowest BCUT2D eigenvalue weighted by Crippen LogP contribution is -2.25. The molecule has 1 aromatic rings. The summed E-state index contributed by atoms with van der Waals surface area (Å²) in [7, 11) is 0. The van der Waals surface area contributed by atoms with Gasteiger partial charge in [-0.2, -0.15) is 13.2 Å². The van der Waals surface area contributed by atoms with Crippen LogP contribution in [-0.4, -0.2) is 29.3 Å². The lowest BCUT2D eigenvalue weighted by atomic mass is 10.00. The maximum absolute atomic E-state index is 12.6. The molecule has 3 atom stereocenters. The number of aliphatic hydroxyl groups excluding tert-OH is 1. The normalized spacial score (nSPS) is 29.9. The summed E-state index contributed by atoms with van der Waals surface area (Å²) in [4.78, 5) is 5.75. The van der Waals surface area contributed by atoms with E-state index in [0.29, 0.717) is 24.8 Å². The molecule has 0 aromatic carbocycles. The molecule has 2 aliphatic rings. The summed E-state index contributed by atoms with van der Waals surface area (Å²) in [6.07, 6.45) is -2.20. The zero-order valence-electron chi connectivity index (χ0n) is 10.6. The highest BCUT2D eigenvalue weighted by molar-refractivity contribution is 6.33. The van der Waals surface area contributed by atoms with Crippen molar-refractivity contribution >= 4 is 17.4 Å². The Morgan fingerprint density at radius 1 is 1.30 bits per heavy atom. The molecule has 110 valence electrons. The van der Waals surface area contributed by atoms with Gasteiger partial charge in [-0.3, -0.25) is 0 Å². The van der Waals surface area contributed by atoms with E-state index in [2.05, 4.69) is 4.98 Å². The van der Waals surface area contributed by atoms with Crippen LogP contribution in [-0.2, 0) is 6.18 Å². The van der Waals surface area contributed by atoms with Crippen LogP contribution < -0.4 is 4.90 Å². The van der Waals surface area contributed by atoms with Crippen molar-refractivity contribution < 1.29 is 18.3 Å². The number of pyridine rings is 1. The molecule has 1 aliphatic carbocycles. The van der Waals surface area contributed by atoms with Crippen LogP contribution in [0.3, 0.4) is 0 Å². The van der Waals surface area contributed by atoms with Gasteiger partial charge < -0.3 is 10.0 Å². The molecule has 0 spiro atoms. The SMILES string of the molecule is OC1CCC2CN(c3ncc(C(F)(F)F)cc3Cl)CC12. The lowest BCUT2D eigenvalue weighted by molar-refractivity contribution is -0.137. The molecule has 0 bridgehead atoms. The fourth-order valence-corrected chi connectivity index (χ4v) is 3.51. The Bertz CT molecular complexity index is 523. The molecule has 1 N–H and O–H groups in total. The van der Waals surface area contributed by atoms with E-state index in [-0.39, 0.29) is 17.0 Å². The summed E-state index contributed by atoms with van der Waals surface area (Å²) in [5, 5.41) is 9.86. The Hall–Kier alpha value is -1.01. The van der Waals surface area contributed by atoms with Crippen molar-refractivity contribution in [3.8, 4) is 0 Å². The van der Waals surface area contributed by atoms with Crippen LogP contribution in [0.4, 0.5) is 19.0 Å². The summed E-state index contributed by atoms with van der Waals surface area (Å²) in [5.41, 5.74) is -0.842. The minimum atomic E-state index is -4.44. The molecule has 3 unspecified atom stereocenters. The van der Waals surface area contributed by atoms with E-state index in [1.165, 1.54) is 0 Å². The molecule has 2 heterocycles. The third-order valence-electron chi connectivity index (χ3n) is 4.27. The quantitative estimate of drug-likeness (QED) is 0.866. The van der Waals surface area contributed by atoms with E-state index in [9.17, 15) is 18.3 Å². The topological polar surface area (TPSA) is 36.4 Å². The van der Waals surface area contributed by atoms with Crippen molar-refractivity contribution in [2.75, 3.05) is 18.0 Å². The van der Waals surface area contributed by atoms with E-state index >= 15 is 0 Å². The zero-order chi connectivity index (χ0) is 14.5. The first-order valence-corrected chi connectivity index (χ1v) is 6.90. The number of halogens is 4. The zero-order valence-corrected chi connectivity index (χ0v) is 11.3. The lowest BCUT2D eigenvalue weighted by Gasteiger charge is -2.21. The monoisotopic (exact) mass is 306 g/mol. The molecule has 0 amide bonds. The van der Waals surface area contributed by atoms with E-state index in [1.54, 1.807) is 0 Å². The second kappa shape index (κ2) is 4.77. The first-order valence-electron chi connectivity index (χ1n) is 6.52. The Labute approximate surface area is 119 Å². The van der Waals surface area contributed by atoms with Gasteiger partial charge in [0.1, 0.15) is 5.82 Å². The molecular weight excluding hydrogens is 293 g/mol. The maximum Gasteiger partial charge on any atom is 0.417 e. The number of aromatic nitrogens is 1. The molecule has 3 nitrogen and oxygen atoms in total. The summed E-state index contributed by atoms with van der Waals surface area (Å²) >= 11 is 5.94. The highest BCUT2D eigenvalue weighted by Gasteiger charge is 2.43. The van der Waals surface area contributed by atoms with Crippen LogP contribution in [0.5, 0.6) is 0 Å². The van der Waals surface area contributed by atoms with Gasteiger partial charge in [-0.05, 0) is 24.8 Å². The van der Waals surface area contributed by atoms with E-state index < -0.39 is 11.7 Å². The van der Waals surface area contributed by atoms with Crippen molar-refractivity contribution in [1.29, 1.82) is 0 Å². The summed E-state index contributed by atoms with van der Waals surface area (Å²) in [5.74, 6) is 0.932. The van der Waals surface area contributed by atoms with Crippen LogP contribution >= 0.6 is 11.6 Å². The van der Waals surface area contributed by atoms with Gasteiger partial charge in [0.15, 0.2) is 0 Å². The molecule has 20 heavy (non-hydrogen) atoms. The Balaban J connectivity index is 1.82. The number of aliphatic hydroxyl groups is 1. The first-order chi connectivity index (χ1) is 9.36. The maximum atomic E-state index is 12.6. The molecule has 7 heteroatoms. The number of hydrogen-bond acceptors (Lipinski definition) is 3. The number of fused-ring (bicyclic) bond motifs is 1. The number of anilines is 1. The Morgan fingerprint density at radius 2 is 2.05 bits per heavy atom. The number of rotatable bonds is 1. The van der Waals surface area contributed by atoms with E-state index in [1.807, 2.05) is 4.90 Å². The highest BCUT2D eigenvalue weighted by atomic mass is 35.5. The highest BCUT2D eigenvalue weighted by Crippen LogP contribution is 2.41. The minimum Gasteiger partial charge on any atom is -0.393 e. The molecule has 1 saturated heterocycles. The second-order valence-electron chi connectivity index (χ2n) is 5.50. The Kier molecular flexibility index (Phi) is 3.33. The second-order valence-corrected chi connectivity index (χ2v) is 5.91. The van der Waals surface area contributed by atoms with Crippen molar-refractivity contribution in [3.63, 3.8) is 0 Å². The fourth-order valence-electron chi connectivity index (χ4n) is 3.23. The van der Waals surface area contributed by atoms with Gasteiger partial charge >= 0.3 is 6.18 Å². The summed E-state index contributed by atoms with van der Waals surface area (Å²) in [6.45, 7) is 1.30. The van der Waals surface area contributed by atoms with Gasteiger partial charge in [-0.1, -0.05) is 11.6 Å². The van der Waals surface area contributed by atoms with Gasteiger partial charge in [0.25, 0.3) is 0 Å². The van der Waals surface area contributed by atoms with Crippen molar-refractivity contribution in [2.24, 2.45) is 11.8 Å². The van der Waals surface area contributed by atoms with Crippen LogP contribution in [0.2, 0.25) is 5.02 Å². The Morgan fingerprint density at radius 3 is 2.65 bits per heavy atom. The predicted octanol–water partition coefficient (Wildman–Crippen LogP) is 2.96. The minimum absolute atomic E-state index is 0.00860. The van der Waals surface area contributed by atoms with Crippen molar-refractivity contribution in [2.45, 2.75) is 25.1 Å². The number of nitrogens with zero attached hydrogens (tertiary/aromatic N) is 2. The molecule has 0 radical (unpaired) electrons. The standard InChI is InChI=1S/C13H14ClF3N2O/c14-10-3-8(13(15,16)17)4-18-12(10)19-5-7-1-2-11(20)9(7)6-19/h3-4,7,9,11,20H,1-2,5-6H2. The van der Waals surface area contributed by atoms with Gasteiger partial charge in [-0.25, -0.2) is 4.98 Å². The van der Waals surface area contributed by atoms with E-state index in [0.717, 1.165) is 25.1 Å². The van der Waals surface area contributed by atoms with Crippen LogP contribution in [0.25, 0.3) is 0 Å². The molecular formula is C13H14ClF3N2O. The third kappa shape index (κ3) is 2.35. The number of alkyl halides is 3. The van der Waals surface area contributed by atoms with Gasteiger partial charge in [-0.15, -0.1) is 0 Å². The molecule has 1 aliphatic heterocycles. The van der Waals surface area contributed by atoms with Gasteiger partial charge in [0.05, 0.1) is 16.7 Å². The third-order valence-corrected chi connectivity index (χ3v) is 4.55. The first kappa shape index (κ1) is 13.9. The molecule has 1 aromatic heterocycles. The van der Waals surface area contributed by atoms with Crippen LogP contribution in [0, 0.1) is 11.8 Å². The van der Waals surface area contributed by atoms with Crippen LogP contribution in [0.15, 0.2) is 12.3 Å². The van der Waals surface area contributed by atoms with Gasteiger partial charge in [0, 0.05) is 25.2 Å². The predicted molar refractivity (Wildman–Crippen MR) is 68.7 cm³/mol. The largest absolute Gasteiger partial charge is 0.417 e. The van der Waals surface area contributed by atoms with Crippen molar-refractivity contribution in [3.05, 3.63) is 22.8 Å². The van der Waals surface area contributed by atoms with E-state index in [4.69, 9.17) is 11.6 Å². The summed E-state index contributed by atoms with van der Waals surface area (Å²) in [6, 6.07) is 0.911. The smallest absolute Gasteiger partial charge is 0.393 e. The average molecular weight is 307 g/mol. The molecule has 2 fully saturated rings. The van der Waals surface area contributed by atoms with Crippen LogP contribution in [0.1, 0.15) is 18.4 Å². The number of hydrogen-bond donors (Lipinski definition) is 1. The fraction of sp³-hybridized carbons (Fsp3) is 0.615. The molecule has 3 rings (SSSR count). The van der Waals surface area contributed by atoms with Gasteiger partial charge in [0.2, 0.25) is 0 Å². The molecule has 1 saturated carbocycles. The summed E-state index contributed by atoms with van der Waals surface area (Å²) < 4.78 is 37.7. The van der Waals surface area contributed by atoms with Crippen molar-refractivity contribution in [1.82, 2.24) is 4.98 Å².